The zero-order valence-electron chi connectivity index (χ0n) is 24.4. The van der Waals surface area contributed by atoms with Gasteiger partial charge in [-0.15, -0.1) is 46.7 Å². The van der Waals surface area contributed by atoms with Gasteiger partial charge in [0.15, 0.2) is 5.78 Å². The molecule has 0 saturated heterocycles. The molecule has 0 aliphatic carbocycles. The molecule has 0 fully saturated rings. The van der Waals surface area contributed by atoms with Crippen molar-refractivity contribution in [2.75, 3.05) is 0 Å². The summed E-state index contributed by atoms with van der Waals surface area (Å²) in [6.45, 7) is 15.5. The van der Waals surface area contributed by atoms with E-state index in [1.54, 1.807) is 17.7 Å². The Labute approximate surface area is 254 Å². The minimum absolute atomic E-state index is 0. The number of hydrogen-bond donors (Lipinski definition) is 1. The van der Waals surface area contributed by atoms with Crippen molar-refractivity contribution in [2.24, 2.45) is 10.8 Å². The third kappa shape index (κ3) is 7.04. The number of allylic oxidation sites excluding steroid dienone is 2. The van der Waals surface area contributed by atoms with Crippen LogP contribution >= 0.6 is 11.3 Å². The van der Waals surface area contributed by atoms with Gasteiger partial charge in [0.2, 0.25) is 0 Å². The number of aromatic nitrogens is 2. The van der Waals surface area contributed by atoms with Crippen molar-refractivity contribution >= 4 is 48.2 Å². The van der Waals surface area contributed by atoms with Gasteiger partial charge in [0.1, 0.15) is 16.9 Å². The predicted octanol–water partition coefficient (Wildman–Crippen LogP) is 9.68. The molecule has 1 radical (unpaired) electrons. The van der Waals surface area contributed by atoms with Gasteiger partial charge in [0, 0.05) is 52.8 Å². The maximum atomic E-state index is 11.5. The van der Waals surface area contributed by atoms with E-state index in [4.69, 9.17) is 0 Å². The van der Waals surface area contributed by atoms with Gasteiger partial charge in [0.05, 0.1) is 0 Å². The van der Waals surface area contributed by atoms with Crippen molar-refractivity contribution in [1.82, 2.24) is 9.97 Å². The molecule has 2 heterocycles. The number of rotatable bonds is 3. The van der Waals surface area contributed by atoms with E-state index in [9.17, 15) is 9.90 Å². The van der Waals surface area contributed by atoms with Crippen molar-refractivity contribution in [2.45, 2.75) is 61.3 Å². The normalized spacial score (nSPS) is 12.4. The van der Waals surface area contributed by atoms with Crippen LogP contribution in [0.2, 0.25) is 0 Å². The van der Waals surface area contributed by atoms with Crippen LogP contribution in [0.15, 0.2) is 72.8 Å². The molecular weight excluding hydrogens is 693 g/mol. The predicted molar refractivity (Wildman–Crippen MR) is 165 cm³/mol. The number of hydrogen-bond acceptors (Lipinski definition) is 5. The second kappa shape index (κ2) is 12.3. The number of thiophene rings is 1. The van der Waals surface area contributed by atoms with E-state index in [2.05, 4.69) is 84.5 Å². The van der Waals surface area contributed by atoms with Gasteiger partial charge in [0.25, 0.3) is 0 Å². The molecule has 0 spiro atoms. The smallest absolute Gasteiger partial charge is 0.164 e. The van der Waals surface area contributed by atoms with Gasteiger partial charge in [-0.2, -0.15) is 0 Å². The summed E-state index contributed by atoms with van der Waals surface area (Å²) < 4.78 is 1.25. The molecular formula is C34H37IrN2O2S-. The summed E-state index contributed by atoms with van der Waals surface area (Å²) in [6, 6.07) is 22.8. The third-order valence-electron chi connectivity index (χ3n) is 6.67. The first kappa shape index (κ1) is 31.6. The Balaban J connectivity index is 0.000000272. The molecule has 0 amide bonds. The zero-order chi connectivity index (χ0) is 28.5. The van der Waals surface area contributed by atoms with E-state index in [1.807, 2.05) is 41.5 Å². The van der Waals surface area contributed by atoms with Gasteiger partial charge in [-0.3, -0.25) is 9.78 Å². The molecule has 0 saturated carbocycles. The van der Waals surface area contributed by atoms with Crippen LogP contribution in [0, 0.1) is 16.9 Å². The van der Waals surface area contributed by atoms with Gasteiger partial charge >= 0.3 is 0 Å². The Morgan fingerprint density at radius 1 is 0.950 bits per heavy atom. The van der Waals surface area contributed by atoms with Crippen LogP contribution in [-0.4, -0.2) is 20.9 Å². The fourth-order valence-electron chi connectivity index (χ4n) is 4.00. The molecule has 40 heavy (non-hydrogen) atoms. The van der Waals surface area contributed by atoms with Crippen LogP contribution in [0.25, 0.3) is 42.3 Å². The van der Waals surface area contributed by atoms with Crippen LogP contribution in [0.4, 0.5) is 0 Å². The number of nitrogens with zero attached hydrogens (tertiary/aromatic N) is 2. The fraction of sp³-hybridized carbons (Fsp3) is 0.324. The van der Waals surface area contributed by atoms with E-state index in [1.165, 1.54) is 32.5 Å². The Kier molecular flexibility index (Phi) is 9.72. The summed E-state index contributed by atoms with van der Waals surface area (Å²) in [4.78, 5) is 21.7. The van der Waals surface area contributed by atoms with Crippen molar-refractivity contribution in [1.29, 1.82) is 0 Å². The largest absolute Gasteiger partial charge is 0.512 e. The Bertz CT molecular complexity index is 1670. The first-order valence-electron chi connectivity index (χ1n) is 13.3. The van der Waals surface area contributed by atoms with E-state index in [-0.39, 0.29) is 37.1 Å². The maximum Gasteiger partial charge on any atom is 0.164 e. The van der Waals surface area contributed by atoms with Crippen LogP contribution in [0.3, 0.4) is 0 Å². The number of carbonyl (C=O) groups excluding carboxylic acids is 1. The monoisotopic (exact) mass is 730 g/mol. The third-order valence-corrected chi connectivity index (χ3v) is 7.73. The van der Waals surface area contributed by atoms with Crippen LogP contribution in [0.1, 0.15) is 66.9 Å². The average Bonchev–Trinajstić information content (AvgIpc) is 3.24. The summed E-state index contributed by atoms with van der Waals surface area (Å²) in [6.07, 6.45) is 3.00. The van der Waals surface area contributed by atoms with Crippen molar-refractivity contribution in [3.63, 3.8) is 0 Å². The van der Waals surface area contributed by atoms with Crippen molar-refractivity contribution in [3.8, 4) is 11.3 Å². The number of fused-ring (bicyclic) bond motifs is 4. The minimum atomic E-state index is -0.417. The van der Waals surface area contributed by atoms with Crippen LogP contribution in [0.5, 0.6) is 0 Å². The second-order valence-electron chi connectivity index (χ2n) is 12.3. The Morgan fingerprint density at radius 2 is 1.60 bits per heavy atom. The quantitative estimate of drug-likeness (QED) is 0.114. The zero-order valence-corrected chi connectivity index (χ0v) is 27.6. The molecule has 3 aromatic carbocycles. The van der Waals surface area contributed by atoms with Crippen LogP contribution in [-0.2, 0) is 24.9 Å². The van der Waals surface area contributed by atoms with Gasteiger partial charge in [-0.05, 0) is 28.3 Å². The number of aliphatic hydroxyl groups is 1. The average molecular weight is 730 g/mol. The number of ketones is 1. The molecule has 0 aliphatic rings. The summed E-state index contributed by atoms with van der Waals surface area (Å²) in [5.41, 5.74) is 2.52. The van der Waals surface area contributed by atoms with E-state index >= 15 is 0 Å². The number of carbonyl (C=O) groups is 1. The number of benzene rings is 3. The molecule has 5 aromatic rings. The summed E-state index contributed by atoms with van der Waals surface area (Å²) >= 11 is 1.73. The molecule has 0 atom stereocenters. The Morgan fingerprint density at radius 3 is 2.15 bits per heavy atom. The molecule has 211 valence electrons. The van der Waals surface area contributed by atoms with Crippen LogP contribution < -0.4 is 0 Å². The molecule has 5 rings (SSSR count). The van der Waals surface area contributed by atoms with E-state index in [0.29, 0.717) is 5.92 Å². The molecule has 4 nitrogen and oxygen atoms in total. The SMILES string of the molecule is CC(C)(C)C(=O)/C=C(\O)C(C)(C)C.CC(C)c1c[c-]c(-c2ncnc3sc4cc5ccccc5cc4c23)cc1.[Ir]. The Hall–Kier alpha value is -2.92. The molecule has 6 heteroatoms. The number of aliphatic hydroxyl groups excluding tert-OH is 1. The first-order chi connectivity index (χ1) is 18.3. The van der Waals surface area contributed by atoms with E-state index < -0.39 is 5.41 Å². The van der Waals surface area contributed by atoms with Crippen molar-refractivity contribution < 1.29 is 30.0 Å². The fourth-order valence-corrected chi connectivity index (χ4v) is 5.07. The van der Waals surface area contributed by atoms with Gasteiger partial charge in [-0.1, -0.05) is 85.6 Å². The topological polar surface area (TPSA) is 63.1 Å². The maximum absolute atomic E-state index is 11.5. The van der Waals surface area contributed by atoms with Crippen molar-refractivity contribution in [3.05, 3.63) is 84.4 Å². The second-order valence-corrected chi connectivity index (χ2v) is 13.3. The van der Waals surface area contributed by atoms with E-state index in [0.717, 1.165) is 21.5 Å². The van der Waals surface area contributed by atoms with Gasteiger partial charge in [-0.25, -0.2) is 4.98 Å². The molecule has 0 bridgehead atoms. The molecule has 0 unspecified atom stereocenters. The molecule has 1 N–H and O–H groups in total. The minimum Gasteiger partial charge on any atom is -0.512 e. The molecule has 0 aliphatic heterocycles. The van der Waals surface area contributed by atoms with Gasteiger partial charge < -0.3 is 5.11 Å². The standard InChI is InChI=1S/C23H17N2S.C11H20O2.Ir/c1-14(2)15-7-9-16(10-8-15)22-21-19-11-17-5-3-4-6-18(17)12-20(19)26-23(21)25-13-24-22;1-10(2,3)8(12)7-9(13)11(4,5)6;/h3-9,11-14H,1-2H3;7,12H,1-6H3;/q-1;;/b;8-7-;. The molecule has 2 aromatic heterocycles. The summed E-state index contributed by atoms with van der Waals surface area (Å²) in [5.74, 6) is 0.603. The summed E-state index contributed by atoms with van der Waals surface area (Å²) in [5, 5.41) is 14.4. The first-order valence-corrected chi connectivity index (χ1v) is 14.1. The summed E-state index contributed by atoms with van der Waals surface area (Å²) in [7, 11) is 0.